The van der Waals surface area contributed by atoms with Gasteiger partial charge in [-0.2, -0.15) is 0 Å². The van der Waals surface area contributed by atoms with E-state index in [4.69, 9.17) is 11.6 Å². The van der Waals surface area contributed by atoms with Gasteiger partial charge in [-0.05, 0) is 42.7 Å². The third kappa shape index (κ3) is 3.96. The monoisotopic (exact) mass is 325 g/mol. The van der Waals surface area contributed by atoms with Crippen molar-refractivity contribution in [3.05, 3.63) is 58.6 Å². The molecule has 0 heterocycles. The Hall–Kier alpha value is -1.10. The maximum absolute atomic E-state index is 13.8. The number of rotatable bonds is 5. The Bertz CT molecular complexity index is 659. The van der Waals surface area contributed by atoms with Crippen LogP contribution in [-0.4, -0.2) is 6.04 Å². The summed E-state index contributed by atoms with van der Waals surface area (Å²) in [5.41, 5.74) is 1.07. The molecule has 0 unspecified atom stereocenters. The second kappa shape index (κ2) is 6.34. The van der Waals surface area contributed by atoms with Gasteiger partial charge >= 0.3 is 0 Å². The predicted molar refractivity (Wildman–Crippen MR) is 81.8 cm³/mol. The summed E-state index contributed by atoms with van der Waals surface area (Å²) in [6.07, 6.45) is 2.42. The van der Waals surface area contributed by atoms with Crippen LogP contribution in [0.5, 0.6) is 0 Å². The zero-order chi connectivity index (χ0) is 14.8. The first kappa shape index (κ1) is 14.8. The summed E-state index contributed by atoms with van der Waals surface area (Å²) in [6, 6.07) is 9.80. The van der Waals surface area contributed by atoms with Crippen molar-refractivity contribution in [1.29, 1.82) is 0 Å². The van der Waals surface area contributed by atoms with Crippen molar-refractivity contribution in [3.63, 3.8) is 0 Å². The molecule has 1 fully saturated rings. The highest BCUT2D eigenvalue weighted by atomic mass is 35.5. The predicted octanol–water partition coefficient (Wildman–Crippen LogP) is 5.02. The standard InChI is InChI=1S/C16H14ClF2NS/c17-11-2-1-10(9-20-13-4-5-13)16(7-11)21-15-6-3-12(18)8-14(15)19/h1-3,6-8,13,20H,4-5,9H2. The first-order valence-electron chi connectivity index (χ1n) is 6.76. The molecule has 1 saturated carbocycles. The fourth-order valence-electron chi connectivity index (χ4n) is 1.99. The van der Waals surface area contributed by atoms with E-state index in [-0.39, 0.29) is 0 Å². The van der Waals surface area contributed by atoms with Crippen LogP contribution < -0.4 is 5.32 Å². The summed E-state index contributed by atoms with van der Waals surface area (Å²) in [6.45, 7) is 0.729. The SMILES string of the molecule is Fc1ccc(Sc2cc(Cl)ccc2CNC2CC2)c(F)c1. The van der Waals surface area contributed by atoms with Crippen LogP contribution in [0.1, 0.15) is 18.4 Å². The second-order valence-corrected chi connectivity index (χ2v) is 6.60. The van der Waals surface area contributed by atoms with Crippen molar-refractivity contribution in [2.24, 2.45) is 0 Å². The molecule has 0 aliphatic heterocycles. The normalized spacial score (nSPS) is 14.4. The lowest BCUT2D eigenvalue weighted by Crippen LogP contribution is -2.15. The summed E-state index contributed by atoms with van der Waals surface area (Å²) < 4.78 is 26.7. The Morgan fingerprint density at radius 1 is 1.10 bits per heavy atom. The summed E-state index contributed by atoms with van der Waals surface area (Å²) in [7, 11) is 0. The summed E-state index contributed by atoms with van der Waals surface area (Å²) in [5.74, 6) is -1.13. The van der Waals surface area contributed by atoms with Crippen molar-refractivity contribution in [3.8, 4) is 0 Å². The fourth-order valence-corrected chi connectivity index (χ4v) is 3.21. The van der Waals surface area contributed by atoms with E-state index in [2.05, 4.69) is 5.32 Å². The lowest BCUT2D eigenvalue weighted by molar-refractivity contribution is 0.565. The van der Waals surface area contributed by atoms with Crippen LogP contribution in [0.3, 0.4) is 0 Å². The Labute approximate surface area is 131 Å². The van der Waals surface area contributed by atoms with Gasteiger partial charge in [0.15, 0.2) is 0 Å². The maximum Gasteiger partial charge on any atom is 0.140 e. The molecular formula is C16H14ClF2NS. The van der Waals surface area contributed by atoms with E-state index in [1.807, 2.05) is 18.2 Å². The van der Waals surface area contributed by atoms with Crippen LogP contribution in [-0.2, 0) is 6.54 Å². The quantitative estimate of drug-likeness (QED) is 0.828. The number of nitrogens with one attached hydrogen (secondary N) is 1. The maximum atomic E-state index is 13.8. The van der Waals surface area contributed by atoms with Gasteiger partial charge in [-0.3, -0.25) is 0 Å². The van der Waals surface area contributed by atoms with E-state index < -0.39 is 11.6 Å². The van der Waals surface area contributed by atoms with Crippen molar-refractivity contribution < 1.29 is 8.78 Å². The van der Waals surface area contributed by atoms with Gasteiger partial charge in [0.1, 0.15) is 11.6 Å². The lowest BCUT2D eigenvalue weighted by Gasteiger charge is -2.11. The van der Waals surface area contributed by atoms with Gasteiger partial charge in [-0.15, -0.1) is 0 Å². The summed E-state index contributed by atoms with van der Waals surface area (Å²) in [4.78, 5) is 1.28. The highest BCUT2D eigenvalue weighted by molar-refractivity contribution is 7.99. The molecule has 0 radical (unpaired) electrons. The third-order valence-electron chi connectivity index (χ3n) is 3.30. The van der Waals surface area contributed by atoms with E-state index in [0.29, 0.717) is 16.0 Å². The fraction of sp³-hybridized carbons (Fsp3) is 0.250. The Morgan fingerprint density at radius 2 is 1.90 bits per heavy atom. The second-order valence-electron chi connectivity index (χ2n) is 5.08. The minimum Gasteiger partial charge on any atom is -0.310 e. The first-order chi connectivity index (χ1) is 10.1. The molecule has 1 aliphatic carbocycles. The molecule has 0 aromatic heterocycles. The van der Waals surface area contributed by atoms with Gasteiger partial charge in [-0.25, -0.2) is 8.78 Å². The van der Waals surface area contributed by atoms with Crippen LogP contribution in [0.25, 0.3) is 0 Å². The smallest absolute Gasteiger partial charge is 0.140 e. The van der Waals surface area contributed by atoms with Gasteiger partial charge in [0.25, 0.3) is 0 Å². The molecule has 0 saturated heterocycles. The summed E-state index contributed by atoms with van der Waals surface area (Å²) >= 11 is 7.31. The van der Waals surface area contributed by atoms with E-state index >= 15 is 0 Å². The number of hydrogen-bond donors (Lipinski definition) is 1. The van der Waals surface area contributed by atoms with E-state index in [0.717, 1.165) is 23.1 Å². The van der Waals surface area contributed by atoms with Crippen LogP contribution >= 0.6 is 23.4 Å². The molecule has 0 bridgehead atoms. The molecule has 5 heteroatoms. The first-order valence-corrected chi connectivity index (χ1v) is 7.96. The van der Waals surface area contributed by atoms with Crippen molar-refractivity contribution >= 4 is 23.4 Å². The van der Waals surface area contributed by atoms with E-state index in [1.54, 1.807) is 0 Å². The Morgan fingerprint density at radius 3 is 2.62 bits per heavy atom. The van der Waals surface area contributed by atoms with Crippen LogP contribution in [0, 0.1) is 11.6 Å². The van der Waals surface area contributed by atoms with Gasteiger partial charge in [0, 0.05) is 33.5 Å². The average molecular weight is 326 g/mol. The molecule has 21 heavy (non-hydrogen) atoms. The molecule has 1 aliphatic rings. The topological polar surface area (TPSA) is 12.0 Å². The van der Waals surface area contributed by atoms with E-state index in [9.17, 15) is 8.78 Å². The van der Waals surface area contributed by atoms with Gasteiger partial charge in [0.2, 0.25) is 0 Å². The molecular weight excluding hydrogens is 312 g/mol. The zero-order valence-electron chi connectivity index (χ0n) is 11.2. The number of hydrogen-bond acceptors (Lipinski definition) is 2. The average Bonchev–Trinajstić information content (AvgIpc) is 3.25. The van der Waals surface area contributed by atoms with Crippen molar-refractivity contribution in [1.82, 2.24) is 5.32 Å². The van der Waals surface area contributed by atoms with Crippen LogP contribution in [0.4, 0.5) is 8.78 Å². The van der Waals surface area contributed by atoms with Gasteiger partial charge in [-0.1, -0.05) is 29.4 Å². The molecule has 1 N–H and O–H groups in total. The molecule has 2 aromatic rings. The molecule has 0 spiro atoms. The molecule has 1 nitrogen and oxygen atoms in total. The molecule has 110 valence electrons. The highest BCUT2D eigenvalue weighted by Gasteiger charge is 2.20. The minimum atomic E-state index is -0.571. The van der Waals surface area contributed by atoms with Gasteiger partial charge < -0.3 is 5.32 Å². The van der Waals surface area contributed by atoms with Gasteiger partial charge in [0.05, 0.1) is 0 Å². The zero-order valence-corrected chi connectivity index (χ0v) is 12.8. The summed E-state index contributed by atoms with van der Waals surface area (Å²) in [5, 5.41) is 4.04. The highest BCUT2D eigenvalue weighted by Crippen LogP contribution is 2.34. The number of halogens is 3. The Balaban J connectivity index is 1.83. The van der Waals surface area contributed by atoms with Crippen molar-refractivity contribution in [2.45, 2.75) is 35.2 Å². The molecule has 0 atom stereocenters. The van der Waals surface area contributed by atoms with Crippen molar-refractivity contribution in [2.75, 3.05) is 0 Å². The largest absolute Gasteiger partial charge is 0.310 e. The molecule has 3 rings (SSSR count). The minimum absolute atomic E-state index is 0.395. The van der Waals surface area contributed by atoms with Crippen LogP contribution in [0.15, 0.2) is 46.2 Å². The van der Waals surface area contributed by atoms with E-state index in [1.165, 1.54) is 36.7 Å². The van der Waals surface area contributed by atoms with Crippen LogP contribution in [0.2, 0.25) is 5.02 Å². The molecule has 2 aromatic carbocycles. The number of benzene rings is 2. The third-order valence-corrected chi connectivity index (χ3v) is 4.69. The molecule has 0 amide bonds. The Kier molecular flexibility index (Phi) is 4.48. The lowest BCUT2D eigenvalue weighted by atomic mass is 10.2.